The fraction of sp³-hybridized carbons (Fsp3) is 0.286. The van der Waals surface area contributed by atoms with E-state index < -0.39 is 0 Å². The number of Topliss-reactive ketones (excluding diaryl/α,β-unsaturated/α-hetero) is 1. The first-order valence-corrected chi connectivity index (χ1v) is 7.40. The molecular formula is C14H16N4O2S. The van der Waals surface area contributed by atoms with Crippen molar-refractivity contribution in [3.05, 3.63) is 36.2 Å². The Hall–Kier alpha value is -2.15. The smallest absolute Gasteiger partial charge is 0.231 e. The van der Waals surface area contributed by atoms with E-state index in [0.29, 0.717) is 10.8 Å². The van der Waals surface area contributed by atoms with Gasteiger partial charge in [-0.15, -0.1) is 10.2 Å². The number of carbonyl (C=O) groups is 2. The number of amides is 1. The van der Waals surface area contributed by atoms with Gasteiger partial charge < -0.3 is 9.88 Å². The summed E-state index contributed by atoms with van der Waals surface area (Å²) in [6.07, 6.45) is -0.140. The van der Waals surface area contributed by atoms with Gasteiger partial charge in [0.2, 0.25) is 5.91 Å². The Kier molecular flexibility index (Phi) is 5.10. The van der Waals surface area contributed by atoms with E-state index in [9.17, 15) is 9.59 Å². The van der Waals surface area contributed by atoms with E-state index in [4.69, 9.17) is 0 Å². The zero-order valence-electron chi connectivity index (χ0n) is 11.9. The van der Waals surface area contributed by atoms with Gasteiger partial charge in [0.1, 0.15) is 5.82 Å². The van der Waals surface area contributed by atoms with Gasteiger partial charge in [0.25, 0.3) is 0 Å². The van der Waals surface area contributed by atoms with Gasteiger partial charge in [-0.1, -0.05) is 30.0 Å². The third-order valence-corrected chi connectivity index (χ3v) is 3.91. The number of thioether (sulfide) groups is 1. The fourth-order valence-electron chi connectivity index (χ4n) is 1.62. The van der Waals surface area contributed by atoms with Crippen molar-refractivity contribution in [3.63, 3.8) is 0 Å². The van der Waals surface area contributed by atoms with Gasteiger partial charge in [-0.3, -0.25) is 9.59 Å². The van der Waals surface area contributed by atoms with E-state index in [0.717, 1.165) is 5.82 Å². The molecule has 21 heavy (non-hydrogen) atoms. The van der Waals surface area contributed by atoms with Gasteiger partial charge in [-0.05, 0) is 19.1 Å². The van der Waals surface area contributed by atoms with Crippen LogP contribution in [-0.2, 0) is 16.6 Å². The van der Waals surface area contributed by atoms with Crippen LogP contribution in [0, 0.1) is 6.92 Å². The normalized spacial score (nSPS) is 10.4. The second-order valence-corrected chi connectivity index (χ2v) is 5.45. The summed E-state index contributed by atoms with van der Waals surface area (Å²) in [5, 5.41) is 11.2. The Labute approximate surface area is 127 Å². The van der Waals surface area contributed by atoms with Crippen LogP contribution in [0.5, 0.6) is 0 Å². The molecule has 1 aromatic carbocycles. The summed E-state index contributed by atoms with van der Waals surface area (Å²) in [6, 6.07) is 9.06. The summed E-state index contributed by atoms with van der Waals surface area (Å²) in [6.45, 7) is 1.84. The van der Waals surface area contributed by atoms with Crippen LogP contribution in [0.25, 0.3) is 0 Å². The Morgan fingerprint density at radius 1 is 1.24 bits per heavy atom. The van der Waals surface area contributed by atoms with Crippen molar-refractivity contribution >= 4 is 29.1 Å². The highest BCUT2D eigenvalue weighted by Gasteiger charge is 2.12. The number of para-hydroxylation sites is 1. The molecule has 110 valence electrons. The molecule has 6 nitrogen and oxygen atoms in total. The Morgan fingerprint density at radius 3 is 2.57 bits per heavy atom. The summed E-state index contributed by atoms with van der Waals surface area (Å²) >= 11 is 1.28. The SMILES string of the molecule is Cc1nnc(SCC(=O)CC(=O)Nc2ccccc2)n1C. The van der Waals surface area contributed by atoms with Crippen LogP contribution < -0.4 is 5.32 Å². The van der Waals surface area contributed by atoms with E-state index >= 15 is 0 Å². The maximum absolute atomic E-state index is 11.8. The highest BCUT2D eigenvalue weighted by molar-refractivity contribution is 7.99. The molecule has 0 unspecified atom stereocenters. The number of anilines is 1. The van der Waals surface area contributed by atoms with E-state index in [1.807, 2.05) is 36.7 Å². The van der Waals surface area contributed by atoms with Crippen molar-refractivity contribution in [2.24, 2.45) is 7.05 Å². The number of benzene rings is 1. The van der Waals surface area contributed by atoms with Crippen molar-refractivity contribution in [1.29, 1.82) is 0 Å². The molecule has 0 aliphatic carbocycles. The van der Waals surface area contributed by atoms with Crippen molar-refractivity contribution < 1.29 is 9.59 Å². The first kappa shape index (κ1) is 15.2. The van der Waals surface area contributed by atoms with Crippen LogP contribution >= 0.6 is 11.8 Å². The number of nitrogens with zero attached hydrogens (tertiary/aromatic N) is 3. The number of rotatable bonds is 6. The van der Waals surface area contributed by atoms with E-state index in [-0.39, 0.29) is 23.9 Å². The van der Waals surface area contributed by atoms with Gasteiger partial charge in [-0.25, -0.2) is 0 Å². The van der Waals surface area contributed by atoms with E-state index in [1.165, 1.54) is 11.8 Å². The Balaban J connectivity index is 1.79. The van der Waals surface area contributed by atoms with Crippen LogP contribution in [0.4, 0.5) is 5.69 Å². The summed E-state index contributed by atoms with van der Waals surface area (Å²) in [7, 11) is 1.84. The predicted molar refractivity (Wildman–Crippen MR) is 81.2 cm³/mol. The Morgan fingerprint density at radius 2 is 1.95 bits per heavy atom. The molecule has 0 spiro atoms. The largest absolute Gasteiger partial charge is 0.326 e. The molecule has 0 bridgehead atoms. The topological polar surface area (TPSA) is 76.9 Å². The van der Waals surface area contributed by atoms with Gasteiger partial charge in [0.15, 0.2) is 10.9 Å². The lowest BCUT2D eigenvalue weighted by molar-refractivity contribution is -0.123. The average Bonchev–Trinajstić information content (AvgIpc) is 2.77. The van der Waals surface area contributed by atoms with Crippen LogP contribution in [-0.4, -0.2) is 32.2 Å². The maximum atomic E-state index is 11.8. The predicted octanol–water partition coefficient (Wildman–Crippen LogP) is 1.81. The number of aryl methyl sites for hydroxylation is 1. The lowest BCUT2D eigenvalue weighted by atomic mass is 10.2. The van der Waals surface area contributed by atoms with Gasteiger partial charge >= 0.3 is 0 Å². The first-order chi connectivity index (χ1) is 10.1. The number of nitrogens with one attached hydrogen (secondary N) is 1. The minimum absolute atomic E-state index is 0.140. The molecule has 2 rings (SSSR count). The number of ketones is 1. The molecular weight excluding hydrogens is 288 g/mol. The zero-order valence-corrected chi connectivity index (χ0v) is 12.7. The van der Waals surface area contributed by atoms with E-state index in [1.54, 1.807) is 12.1 Å². The second kappa shape index (κ2) is 7.03. The van der Waals surface area contributed by atoms with Crippen LogP contribution in [0.3, 0.4) is 0 Å². The standard InChI is InChI=1S/C14H16N4O2S/c1-10-16-17-14(18(10)2)21-9-12(19)8-13(20)15-11-6-4-3-5-7-11/h3-7H,8-9H2,1-2H3,(H,15,20). The summed E-state index contributed by atoms with van der Waals surface area (Å²) in [5.74, 6) is 0.538. The molecule has 0 aliphatic heterocycles. The number of hydrogen-bond donors (Lipinski definition) is 1. The molecule has 1 aromatic heterocycles. The van der Waals surface area contributed by atoms with Gasteiger partial charge in [0, 0.05) is 12.7 Å². The van der Waals surface area contributed by atoms with Gasteiger partial charge in [-0.2, -0.15) is 0 Å². The van der Waals surface area contributed by atoms with Gasteiger partial charge in [0.05, 0.1) is 12.2 Å². The lowest BCUT2D eigenvalue weighted by Gasteiger charge is -2.04. The molecule has 0 saturated heterocycles. The number of aromatic nitrogens is 3. The lowest BCUT2D eigenvalue weighted by Crippen LogP contribution is -2.17. The van der Waals surface area contributed by atoms with Crippen LogP contribution in [0.15, 0.2) is 35.5 Å². The summed E-state index contributed by atoms with van der Waals surface area (Å²) < 4.78 is 1.81. The zero-order chi connectivity index (χ0) is 15.2. The van der Waals surface area contributed by atoms with Crippen LogP contribution in [0.2, 0.25) is 0 Å². The van der Waals surface area contributed by atoms with Crippen molar-refractivity contribution in [3.8, 4) is 0 Å². The Bertz CT molecular complexity index is 640. The summed E-state index contributed by atoms with van der Waals surface area (Å²) in [4.78, 5) is 23.5. The highest BCUT2D eigenvalue weighted by Crippen LogP contribution is 2.15. The van der Waals surface area contributed by atoms with Crippen molar-refractivity contribution in [2.45, 2.75) is 18.5 Å². The minimum atomic E-state index is -0.305. The fourth-order valence-corrected chi connectivity index (χ4v) is 2.43. The molecule has 0 radical (unpaired) electrons. The third-order valence-electron chi connectivity index (χ3n) is 2.83. The molecule has 1 N–H and O–H groups in total. The first-order valence-electron chi connectivity index (χ1n) is 6.41. The molecule has 0 aliphatic rings. The quantitative estimate of drug-likeness (QED) is 0.650. The molecule has 1 heterocycles. The molecule has 0 saturated carbocycles. The van der Waals surface area contributed by atoms with Crippen molar-refractivity contribution in [1.82, 2.24) is 14.8 Å². The molecule has 7 heteroatoms. The number of carbonyl (C=O) groups excluding carboxylic acids is 2. The average molecular weight is 304 g/mol. The maximum Gasteiger partial charge on any atom is 0.231 e. The van der Waals surface area contributed by atoms with Crippen molar-refractivity contribution in [2.75, 3.05) is 11.1 Å². The van der Waals surface area contributed by atoms with E-state index in [2.05, 4.69) is 15.5 Å². The molecule has 0 atom stereocenters. The van der Waals surface area contributed by atoms with Crippen LogP contribution in [0.1, 0.15) is 12.2 Å². The monoisotopic (exact) mass is 304 g/mol. The minimum Gasteiger partial charge on any atom is -0.326 e. The second-order valence-electron chi connectivity index (χ2n) is 4.51. The molecule has 1 amide bonds. The summed E-state index contributed by atoms with van der Waals surface area (Å²) in [5.41, 5.74) is 0.687. The number of hydrogen-bond acceptors (Lipinski definition) is 5. The third kappa shape index (κ3) is 4.42. The highest BCUT2D eigenvalue weighted by atomic mass is 32.2. The molecule has 0 fully saturated rings. The molecule has 2 aromatic rings.